The molecule has 1 aromatic carbocycles. The Balaban J connectivity index is 2.45. The molecule has 106 valence electrons. The zero-order valence-electron chi connectivity index (χ0n) is 10.8. The van der Waals surface area contributed by atoms with Crippen LogP contribution in [0.25, 0.3) is 0 Å². The van der Waals surface area contributed by atoms with Crippen molar-refractivity contribution in [3.8, 4) is 0 Å². The lowest BCUT2D eigenvalue weighted by molar-refractivity contribution is -0.141. The molecule has 1 unspecified atom stereocenters. The van der Waals surface area contributed by atoms with E-state index in [2.05, 4.69) is 17.2 Å². The molecule has 1 atom stereocenters. The van der Waals surface area contributed by atoms with E-state index in [1.165, 1.54) is 6.08 Å². The molecule has 0 radical (unpaired) electrons. The Labute approximate surface area is 116 Å². The fourth-order valence-electron chi connectivity index (χ4n) is 1.49. The molecule has 0 saturated heterocycles. The van der Waals surface area contributed by atoms with Crippen LogP contribution in [-0.2, 0) is 9.59 Å². The lowest BCUT2D eigenvalue weighted by Crippen LogP contribution is -2.45. The largest absolute Gasteiger partial charge is 0.480 e. The summed E-state index contributed by atoms with van der Waals surface area (Å²) in [5, 5.41) is 13.6. The zero-order valence-corrected chi connectivity index (χ0v) is 10.8. The van der Waals surface area contributed by atoms with Gasteiger partial charge in [-0.15, -0.1) is 6.58 Å². The van der Waals surface area contributed by atoms with Crippen molar-refractivity contribution in [2.45, 2.75) is 12.5 Å². The first kappa shape index (κ1) is 15.4. The van der Waals surface area contributed by atoms with Gasteiger partial charge in [-0.2, -0.15) is 0 Å². The maximum absolute atomic E-state index is 11.7. The molecule has 0 heterocycles. The smallest absolute Gasteiger partial charge is 0.326 e. The van der Waals surface area contributed by atoms with Gasteiger partial charge < -0.3 is 15.7 Å². The molecule has 3 N–H and O–H groups in total. The molecule has 0 fully saturated rings. The molecule has 20 heavy (non-hydrogen) atoms. The summed E-state index contributed by atoms with van der Waals surface area (Å²) in [7, 11) is 0. The average molecular weight is 276 g/mol. The van der Waals surface area contributed by atoms with Crippen molar-refractivity contribution in [3.63, 3.8) is 0 Å². The molecular formula is C14H16N2O4. The summed E-state index contributed by atoms with van der Waals surface area (Å²) in [5.41, 5.74) is 0.432. The Morgan fingerprint density at radius 2 is 1.90 bits per heavy atom. The third-order valence-corrected chi connectivity index (χ3v) is 2.48. The number of benzene rings is 1. The predicted molar refractivity (Wildman–Crippen MR) is 73.2 cm³/mol. The van der Waals surface area contributed by atoms with Crippen LogP contribution in [0.4, 0.5) is 0 Å². The highest BCUT2D eigenvalue weighted by atomic mass is 16.4. The number of carbonyl (C=O) groups excluding carboxylic acids is 2. The van der Waals surface area contributed by atoms with E-state index in [9.17, 15) is 14.4 Å². The SMILES string of the molecule is C=CCC(NC(=O)CNC(=O)c1ccccc1)C(=O)O. The van der Waals surface area contributed by atoms with Gasteiger partial charge >= 0.3 is 5.97 Å². The number of rotatable bonds is 7. The number of nitrogens with one attached hydrogen (secondary N) is 2. The highest BCUT2D eigenvalue weighted by Gasteiger charge is 2.18. The van der Waals surface area contributed by atoms with E-state index in [-0.39, 0.29) is 13.0 Å². The molecule has 0 saturated carbocycles. The molecule has 6 nitrogen and oxygen atoms in total. The average Bonchev–Trinajstić information content (AvgIpc) is 2.45. The standard InChI is InChI=1S/C14H16N2O4/c1-2-6-11(14(19)20)16-12(17)9-15-13(18)10-7-4-3-5-8-10/h2-5,7-8,11H,1,6,9H2,(H,15,18)(H,16,17)(H,19,20). The molecular weight excluding hydrogens is 260 g/mol. The fraction of sp³-hybridized carbons (Fsp3) is 0.214. The predicted octanol–water partition coefficient (Wildman–Crippen LogP) is 0.562. The second-order valence-corrected chi connectivity index (χ2v) is 4.03. The highest BCUT2D eigenvalue weighted by Crippen LogP contribution is 1.97. The summed E-state index contributed by atoms with van der Waals surface area (Å²) in [6, 6.07) is 7.39. The van der Waals surface area contributed by atoms with Crippen molar-refractivity contribution in [3.05, 3.63) is 48.6 Å². The van der Waals surface area contributed by atoms with Gasteiger partial charge in [0.15, 0.2) is 0 Å². The van der Waals surface area contributed by atoms with Gasteiger partial charge in [0.25, 0.3) is 5.91 Å². The lowest BCUT2D eigenvalue weighted by Gasteiger charge is -2.12. The monoisotopic (exact) mass is 276 g/mol. The molecule has 1 aromatic rings. The Morgan fingerprint density at radius 3 is 2.45 bits per heavy atom. The number of amides is 2. The van der Waals surface area contributed by atoms with Crippen LogP contribution >= 0.6 is 0 Å². The maximum atomic E-state index is 11.7. The van der Waals surface area contributed by atoms with Crippen molar-refractivity contribution in [2.75, 3.05) is 6.54 Å². The van der Waals surface area contributed by atoms with Crippen LogP contribution in [0, 0.1) is 0 Å². The van der Waals surface area contributed by atoms with Crippen molar-refractivity contribution < 1.29 is 19.5 Å². The minimum Gasteiger partial charge on any atom is -0.480 e. The number of carboxylic acids is 1. The van der Waals surface area contributed by atoms with Crippen molar-refractivity contribution in [2.24, 2.45) is 0 Å². The Morgan fingerprint density at radius 1 is 1.25 bits per heavy atom. The van der Waals surface area contributed by atoms with E-state index in [1.807, 2.05) is 0 Å². The minimum absolute atomic E-state index is 0.119. The van der Waals surface area contributed by atoms with E-state index < -0.39 is 23.8 Å². The summed E-state index contributed by atoms with van der Waals surface area (Å²) < 4.78 is 0. The fourth-order valence-corrected chi connectivity index (χ4v) is 1.49. The third kappa shape index (κ3) is 4.93. The van der Waals surface area contributed by atoms with Gasteiger partial charge in [0.05, 0.1) is 6.54 Å². The van der Waals surface area contributed by atoms with Gasteiger partial charge in [0.1, 0.15) is 6.04 Å². The van der Waals surface area contributed by atoms with Gasteiger partial charge in [0.2, 0.25) is 5.91 Å². The second kappa shape index (κ2) is 7.73. The number of carboxylic acid groups (broad SMARTS) is 1. The number of hydrogen-bond acceptors (Lipinski definition) is 3. The molecule has 1 rings (SSSR count). The van der Waals surface area contributed by atoms with Crippen LogP contribution in [0.2, 0.25) is 0 Å². The Hall–Kier alpha value is -2.63. The van der Waals surface area contributed by atoms with Crippen LogP contribution in [0.3, 0.4) is 0 Å². The molecule has 2 amide bonds. The number of carbonyl (C=O) groups is 3. The quantitative estimate of drug-likeness (QED) is 0.634. The Bertz CT molecular complexity index is 499. The number of aliphatic carboxylic acids is 1. The molecule has 0 aliphatic carbocycles. The van der Waals surface area contributed by atoms with Crippen LogP contribution in [0.15, 0.2) is 43.0 Å². The Kier molecular flexibility index (Phi) is 5.96. The summed E-state index contributed by atoms with van der Waals surface area (Å²) >= 11 is 0. The van der Waals surface area contributed by atoms with Crippen LogP contribution < -0.4 is 10.6 Å². The topological polar surface area (TPSA) is 95.5 Å². The molecule has 0 aliphatic heterocycles. The van der Waals surface area contributed by atoms with E-state index >= 15 is 0 Å². The van der Waals surface area contributed by atoms with Crippen LogP contribution in [0.1, 0.15) is 16.8 Å². The van der Waals surface area contributed by atoms with Crippen molar-refractivity contribution >= 4 is 17.8 Å². The van der Waals surface area contributed by atoms with Gasteiger partial charge in [0, 0.05) is 5.56 Å². The lowest BCUT2D eigenvalue weighted by atomic mass is 10.2. The summed E-state index contributed by atoms with van der Waals surface area (Å²) in [6.07, 6.45) is 1.52. The normalized spacial score (nSPS) is 11.2. The van der Waals surface area contributed by atoms with Crippen molar-refractivity contribution in [1.82, 2.24) is 10.6 Å². The van der Waals surface area contributed by atoms with E-state index in [4.69, 9.17) is 5.11 Å². The van der Waals surface area contributed by atoms with Crippen molar-refractivity contribution in [1.29, 1.82) is 0 Å². The molecule has 0 spiro atoms. The van der Waals surface area contributed by atoms with Crippen LogP contribution in [0.5, 0.6) is 0 Å². The van der Waals surface area contributed by atoms with Gasteiger partial charge in [-0.1, -0.05) is 24.3 Å². The minimum atomic E-state index is -1.15. The summed E-state index contributed by atoms with van der Waals surface area (Å²) in [6.45, 7) is 3.14. The second-order valence-electron chi connectivity index (χ2n) is 4.03. The van der Waals surface area contributed by atoms with E-state index in [0.717, 1.165) is 0 Å². The first-order valence-corrected chi connectivity index (χ1v) is 6.01. The number of hydrogen-bond donors (Lipinski definition) is 3. The highest BCUT2D eigenvalue weighted by molar-refractivity contribution is 5.96. The van der Waals surface area contributed by atoms with Gasteiger partial charge in [-0.05, 0) is 18.6 Å². The molecule has 0 aliphatic rings. The van der Waals surface area contributed by atoms with E-state index in [0.29, 0.717) is 5.56 Å². The first-order chi connectivity index (χ1) is 9.54. The van der Waals surface area contributed by atoms with Crippen LogP contribution in [-0.4, -0.2) is 35.5 Å². The van der Waals surface area contributed by atoms with Gasteiger partial charge in [-0.25, -0.2) is 4.79 Å². The third-order valence-electron chi connectivity index (χ3n) is 2.48. The first-order valence-electron chi connectivity index (χ1n) is 6.01. The summed E-state index contributed by atoms with van der Waals surface area (Å²) in [4.78, 5) is 34.1. The maximum Gasteiger partial charge on any atom is 0.326 e. The summed E-state index contributed by atoms with van der Waals surface area (Å²) in [5.74, 6) is -2.10. The zero-order chi connectivity index (χ0) is 15.0. The molecule has 6 heteroatoms. The van der Waals surface area contributed by atoms with Gasteiger partial charge in [-0.3, -0.25) is 9.59 Å². The molecule has 0 aromatic heterocycles. The molecule has 0 bridgehead atoms. The van der Waals surface area contributed by atoms with E-state index in [1.54, 1.807) is 30.3 Å².